The van der Waals surface area contributed by atoms with Gasteiger partial charge in [0.15, 0.2) is 0 Å². The Morgan fingerprint density at radius 3 is 1.94 bits per heavy atom. The summed E-state index contributed by atoms with van der Waals surface area (Å²) in [6.07, 6.45) is -4.52. The Kier molecular flexibility index (Phi) is 8.44. The zero-order valence-corrected chi connectivity index (χ0v) is 10.3. The van der Waals surface area contributed by atoms with Crippen LogP contribution in [0.25, 0.3) is 0 Å². The first-order chi connectivity index (χ1) is 8.21. The predicted octanol–water partition coefficient (Wildman–Crippen LogP) is 0.834. The minimum Gasteiger partial charge on any atom is -0.379 e. The van der Waals surface area contributed by atoms with E-state index < -0.39 is 28.8 Å². The van der Waals surface area contributed by atoms with Gasteiger partial charge in [0.1, 0.15) is 0 Å². The van der Waals surface area contributed by atoms with E-state index in [2.05, 4.69) is 4.74 Å². The van der Waals surface area contributed by atoms with Gasteiger partial charge in [-0.1, -0.05) is 0 Å². The highest BCUT2D eigenvalue weighted by atomic mass is 32.2. The first-order valence-electron chi connectivity index (χ1n) is 5.02. The van der Waals surface area contributed by atoms with E-state index in [1.165, 1.54) is 0 Å². The van der Waals surface area contributed by atoms with Gasteiger partial charge in [-0.15, -0.1) is 13.2 Å². The summed E-state index contributed by atoms with van der Waals surface area (Å²) in [6, 6.07) is 0. The second kappa shape index (κ2) is 8.64. The van der Waals surface area contributed by atoms with E-state index in [0.717, 1.165) is 0 Å². The van der Waals surface area contributed by atoms with Crippen LogP contribution >= 0.6 is 0 Å². The van der Waals surface area contributed by atoms with Crippen LogP contribution in [0.3, 0.4) is 0 Å². The quantitative estimate of drug-likeness (QED) is 0.475. The number of alkyl halides is 3. The van der Waals surface area contributed by atoms with Crippen molar-refractivity contribution in [1.82, 2.24) is 0 Å². The third-order valence-electron chi connectivity index (χ3n) is 1.56. The van der Waals surface area contributed by atoms with Crippen molar-refractivity contribution in [2.24, 2.45) is 0 Å². The van der Waals surface area contributed by atoms with Crippen LogP contribution in [0.1, 0.15) is 6.42 Å². The molecule has 0 aliphatic rings. The lowest BCUT2D eigenvalue weighted by molar-refractivity contribution is -0.327. The van der Waals surface area contributed by atoms with Gasteiger partial charge in [-0.25, -0.2) is 0 Å². The van der Waals surface area contributed by atoms with Gasteiger partial charge in [0, 0.05) is 6.61 Å². The molecule has 0 aliphatic carbocycles. The van der Waals surface area contributed by atoms with Crippen LogP contribution in [-0.4, -0.2) is 58.1 Å². The van der Waals surface area contributed by atoms with Crippen molar-refractivity contribution in [2.75, 3.05) is 38.8 Å². The molecule has 10 heteroatoms. The lowest BCUT2D eigenvalue weighted by Gasteiger charge is -2.08. The van der Waals surface area contributed by atoms with Gasteiger partial charge in [0.05, 0.1) is 32.2 Å². The SMILES string of the molecule is O=S(=O)(O)CCCOCCOCCOC(F)(F)F. The van der Waals surface area contributed by atoms with Gasteiger partial charge < -0.3 is 9.47 Å². The third-order valence-corrected chi connectivity index (χ3v) is 2.36. The first-order valence-corrected chi connectivity index (χ1v) is 6.63. The fraction of sp³-hybridized carbons (Fsp3) is 1.00. The Labute approximate surface area is 103 Å². The number of hydrogen-bond acceptors (Lipinski definition) is 5. The Morgan fingerprint density at radius 1 is 0.944 bits per heavy atom. The molecule has 0 heterocycles. The maximum atomic E-state index is 11.5. The van der Waals surface area contributed by atoms with Gasteiger partial charge >= 0.3 is 6.36 Å². The molecule has 0 aliphatic heterocycles. The molecule has 0 aromatic carbocycles. The molecule has 0 aromatic heterocycles. The molecule has 0 radical (unpaired) electrons. The van der Waals surface area contributed by atoms with Crippen LogP contribution in [0.5, 0.6) is 0 Å². The Morgan fingerprint density at radius 2 is 1.44 bits per heavy atom. The molecule has 0 rings (SSSR count). The molecular formula is C8H15F3O6S. The number of rotatable bonds is 10. The third kappa shape index (κ3) is 15.6. The molecule has 0 saturated heterocycles. The summed E-state index contributed by atoms with van der Waals surface area (Å²) in [4.78, 5) is 0. The summed E-state index contributed by atoms with van der Waals surface area (Å²) in [5.74, 6) is -0.396. The van der Waals surface area contributed by atoms with Crippen LogP contribution in [0.2, 0.25) is 0 Å². The largest absolute Gasteiger partial charge is 0.522 e. The molecule has 110 valence electrons. The highest BCUT2D eigenvalue weighted by Gasteiger charge is 2.28. The number of halogens is 3. The van der Waals surface area contributed by atoms with Gasteiger partial charge in [-0.3, -0.25) is 9.29 Å². The zero-order valence-electron chi connectivity index (χ0n) is 9.48. The molecule has 0 bridgehead atoms. The molecule has 0 fully saturated rings. The molecule has 0 amide bonds. The van der Waals surface area contributed by atoms with E-state index in [0.29, 0.717) is 0 Å². The van der Waals surface area contributed by atoms with Crippen molar-refractivity contribution in [3.8, 4) is 0 Å². The van der Waals surface area contributed by atoms with E-state index in [1.54, 1.807) is 0 Å². The Balaban J connectivity index is 3.17. The lowest BCUT2D eigenvalue weighted by Crippen LogP contribution is -2.18. The van der Waals surface area contributed by atoms with Crippen molar-refractivity contribution in [2.45, 2.75) is 12.8 Å². The van der Waals surface area contributed by atoms with Crippen LogP contribution in [0, 0.1) is 0 Å². The maximum Gasteiger partial charge on any atom is 0.522 e. The summed E-state index contributed by atoms with van der Waals surface area (Å²) in [5.41, 5.74) is 0. The van der Waals surface area contributed by atoms with Gasteiger partial charge in [-0.05, 0) is 6.42 Å². The molecule has 0 aromatic rings. The highest BCUT2D eigenvalue weighted by Crippen LogP contribution is 2.15. The summed E-state index contributed by atoms with van der Waals surface area (Å²) < 4.78 is 76.6. The summed E-state index contributed by atoms with van der Waals surface area (Å²) in [7, 11) is -3.98. The van der Waals surface area contributed by atoms with E-state index in [4.69, 9.17) is 14.0 Å². The molecule has 1 N–H and O–H groups in total. The fourth-order valence-electron chi connectivity index (χ4n) is 0.882. The van der Waals surface area contributed by atoms with Gasteiger partial charge in [0.2, 0.25) is 0 Å². The summed E-state index contributed by atoms with van der Waals surface area (Å²) >= 11 is 0. The lowest BCUT2D eigenvalue weighted by atomic mass is 10.5. The van der Waals surface area contributed by atoms with E-state index in [1.807, 2.05) is 0 Å². The first kappa shape index (κ1) is 17.6. The standard InChI is InChI=1S/C8H15F3O6S/c9-8(10,11)17-6-5-16-4-3-15-2-1-7-18(12,13)14/h1-7H2,(H,12,13,14). The molecule has 0 spiro atoms. The number of ether oxygens (including phenoxy) is 3. The zero-order chi connectivity index (χ0) is 14.1. The van der Waals surface area contributed by atoms with Crippen molar-refractivity contribution >= 4 is 10.1 Å². The molecule has 0 atom stereocenters. The minimum absolute atomic E-state index is 0.0765. The van der Waals surface area contributed by atoms with E-state index in [-0.39, 0.29) is 32.8 Å². The van der Waals surface area contributed by atoms with Crippen molar-refractivity contribution in [3.63, 3.8) is 0 Å². The fourth-order valence-corrected chi connectivity index (χ4v) is 1.36. The van der Waals surface area contributed by atoms with E-state index in [9.17, 15) is 21.6 Å². The minimum atomic E-state index is -4.66. The molecule has 0 saturated carbocycles. The highest BCUT2D eigenvalue weighted by molar-refractivity contribution is 7.85. The van der Waals surface area contributed by atoms with Gasteiger partial charge in [0.25, 0.3) is 10.1 Å². The molecule has 18 heavy (non-hydrogen) atoms. The van der Waals surface area contributed by atoms with Gasteiger partial charge in [-0.2, -0.15) is 8.42 Å². The van der Waals surface area contributed by atoms with Crippen LogP contribution in [0.15, 0.2) is 0 Å². The van der Waals surface area contributed by atoms with E-state index >= 15 is 0 Å². The summed E-state index contributed by atoms with van der Waals surface area (Å²) in [5, 5.41) is 0. The van der Waals surface area contributed by atoms with Crippen molar-refractivity contribution in [1.29, 1.82) is 0 Å². The summed E-state index contributed by atoms with van der Waals surface area (Å²) in [6.45, 7) is -0.493. The normalized spacial score (nSPS) is 12.9. The molecule has 6 nitrogen and oxygen atoms in total. The Bertz CT molecular complexity index is 302. The second-order valence-electron chi connectivity index (χ2n) is 3.16. The van der Waals surface area contributed by atoms with Crippen molar-refractivity contribution in [3.05, 3.63) is 0 Å². The van der Waals surface area contributed by atoms with Crippen LogP contribution in [-0.2, 0) is 24.3 Å². The second-order valence-corrected chi connectivity index (χ2v) is 4.73. The number of hydrogen-bond donors (Lipinski definition) is 1. The van der Waals surface area contributed by atoms with Crippen LogP contribution < -0.4 is 0 Å². The average molecular weight is 296 g/mol. The molecular weight excluding hydrogens is 281 g/mol. The smallest absolute Gasteiger partial charge is 0.379 e. The monoisotopic (exact) mass is 296 g/mol. The van der Waals surface area contributed by atoms with Crippen molar-refractivity contribution < 1.29 is 40.4 Å². The predicted molar refractivity (Wildman–Crippen MR) is 54.7 cm³/mol. The topological polar surface area (TPSA) is 82.1 Å². The Hall–Kier alpha value is -0.420. The van der Waals surface area contributed by atoms with Crippen LogP contribution in [0.4, 0.5) is 13.2 Å². The average Bonchev–Trinajstić information content (AvgIpc) is 2.17. The molecule has 0 unspecified atom stereocenters. The maximum absolute atomic E-state index is 11.5.